The second-order valence-corrected chi connectivity index (χ2v) is 5.18. The van der Waals surface area contributed by atoms with E-state index in [0.717, 1.165) is 16.9 Å². The van der Waals surface area contributed by atoms with E-state index in [-0.39, 0.29) is 5.78 Å². The van der Waals surface area contributed by atoms with Gasteiger partial charge in [0.25, 0.3) is 0 Å². The lowest BCUT2D eigenvalue weighted by atomic mass is 10.1. The molecule has 0 saturated heterocycles. The summed E-state index contributed by atoms with van der Waals surface area (Å²) in [6, 6.07) is 27.2. The van der Waals surface area contributed by atoms with E-state index in [9.17, 15) is 4.79 Å². The van der Waals surface area contributed by atoms with E-state index in [1.54, 1.807) is 6.08 Å². The number of benzene rings is 3. The molecule has 3 aromatic rings. The minimum Gasteiger partial charge on any atom is -0.356 e. The van der Waals surface area contributed by atoms with Crippen LogP contribution in [0.25, 0.3) is 6.08 Å². The highest BCUT2D eigenvalue weighted by atomic mass is 16.1. The Morgan fingerprint density at radius 1 is 0.696 bits per heavy atom. The van der Waals surface area contributed by atoms with Crippen molar-refractivity contribution in [2.75, 3.05) is 5.32 Å². The summed E-state index contributed by atoms with van der Waals surface area (Å²) in [5, 5.41) is 3.30. The SMILES string of the molecule is O=C(/C=C/c1ccccc1)c1ccc(Nc2ccccc2)cc1. The number of rotatable bonds is 5. The smallest absolute Gasteiger partial charge is 0.185 e. The Morgan fingerprint density at radius 2 is 1.26 bits per heavy atom. The number of hydrogen-bond acceptors (Lipinski definition) is 2. The molecule has 2 heteroatoms. The van der Waals surface area contributed by atoms with Gasteiger partial charge in [-0.15, -0.1) is 0 Å². The molecule has 0 spiro atoms. The molecule has 1 N–H and O–H groups in total. The number of anilines is 2. The maximum absolute atomic E-state index is 12.2. The second-order valence-electron chi connectivity index (χ2n) is 5.18. The molecule has 3 rings (SSSR count). The molecular formula is C21H17NO. The molecule has 0 aliphatic rings. The van der Waals surface area contributed by atoms with Crippen molar-refractivity contribution in [3.05, 3.63) is 102 Å². The van der Waals surface area contributed by atoms with Gasteiger partial charge in [-0.3, -0.25) is 4.79 Å². The monoisotopic (exact) mass is 299 g/mol. The van der Waals surface area contributed by atoms with E-state index >= 15 is 0 Å². The van der Waals surface area contributed by atoms with E-state index < -0.39 is 0 Å². The fourth-order valence-electron chi connectivity index (χ4n) is 2.24. The largest absolute Gasteiger partial charge is 0.356 e. The summed E-state index contributed by atoms with van der Waals surface area (Å²) in [7, 11) is 0. The number of carbonyl (C=O) groups excluding carboxylic acids is 1. The highest BCUT2D eigenvalue weighted by Crippen LogP contribution is 2.17. The van der Waals surface area contributed by atoms with Crippen LogP contribution in [0.15, 0.2) is 91.0 Å². The quantitative estimate of drug-likeness (QED) is 0.510. The van der Waals surface area contributed by atoms with E-state index in [0.29, 0.717) is 5.56 Å². The van der Waals surface area contributed by atoms with Gasteiger partial charge in [0.05, 0.1) is 0 Å². The van der Waals surface area contributed by atoms with Crippen LogP contribution in [0.1, 0.15) is 15.9 Å². The molecule has 112 valence electrons. The summed E-state index contributed by atoms with van der Waals surface area (Å²) in [6.07, 6.45) is 3.44. The molecule has 0 fully saturated rings. The second kappa shape index (κ2) is 7.23. The number of ketones is 1. The van der Waals surface area contributed by atoms with E-state index in [4.69, 9.17) is 0 Å². The molecule has 3 aromatic carbocycles. The molecule has 0 aliphatic carbocycles. The lowest BCUT2D eigenvalue weighted by molar-refractivity contribution is 0.104. The van der Waals surface area contributed by atoms with Crippen molar-refractivity contribution in [2.24, 2.45) is 0 Å². The third-order valence-corrected chi connectivity index (χ3v) is 3.46. The fraction of sp³-hybridized carbons (Fsp3) is 0. The number of carbonyl (C=O) groups is 1. The van der Waals surface area contributed by atoms with Crippen molar-refractivity contribution in [2.45, 2.75) is 0 Å². The third-order valence-electron chi connectivity index (χ3n) is 3.46. The summed E-state index contributed by atoms with van der Waals surface area (Å²) < 4.78 is 0. The number of para-hydroxylation sites is 1. The van der Waals surface area contributed by atoms with Crippen molar-refractivity contribution in [3.8, 4) is 0 Å². The molecule has 23 heavy (non-hydrogen) atoms. The van der Waals surface area contributed by atoms with Crippen LogP contribution in [0, 0.1) is 0 Å². The standard InChI is InChI=1S/C21H17NO/c23-21(16-11-17-7-3-1-4-8-17)18-12-14-20(15-13-18)22-19-9-5-2-6-10-19/h1-16,22H/b16-11+. The summed E-state index contributed by atoms with van der Waals surface area (Å²) in [4.78, 5) is 12.2. The highest BCUT2D eigenvalue weighted by molar-refractivity contribution is 6.07. The zero-order chi connectivity index (χ0) is 15.9. The lowest BCUT2D eigenvalue weighted by Gasteiger charge is -2.06. The predicted molar refractivity (Wildman–Crippen MR) is 96.0 cm³/mol. The van der Waals surface area contributed by atoms with Crippen molar-refractivity contribution in [3.63, 3.8) is 0 Å². The van der Waals surface area contributed by atoms with Crippen LogP contribution in [-0.4, -0.2) is 5.78 Å². The zero-order valence-electron chi connectivity index (χ0n) is 12.6. The average Bonchev–Trinajstić information content (AvgIpc) is 2.62. The first-order valence-corrected chi connectivity index (χ1v) is 7.51. The third kappa shape index (κ3) is 4.17. The van der Waals surface area contributed by atoms with Gasteiger partial charge in [-0.1, -0.05) is 54.6 Å². The fourth-order valence-corrected chi connectivity index (χ4v) is 2.24. The van der Waals surface area contributed by atoms with Crippen molar-refractivity contribution < 1.29 is 4.79 Å². The molecule has 0 aromatic heterocycles. The van der Waals surface area contributed by atoms with Gasteiger partial charge in [0, 0.05) is 16.9 Å². The first-order chi connectivity index (χ1) is 11.3. The normalized spacial score (nSPS) is 10.6. The van der Waals surface area contributed by atoms with Gasteiger partial charge < -0.3 is 5.32 Å². The van der Waals surface area contributed by atoms with Gasteiger partial charge in [0.15, 0.2) is 5.78 Å². The molecule has 0 unspecified atom stereocenters. The van der Waals surface area contributed by atoms with E-state index in [1.807, 2.05) is 91.0 Å². The molecule has 0 aliphatic heterocycles. The van der Waals surface area contributed by atoms with Gasteiger partial charge in [0.1, 0.15) is 0 Å². The lowest BCUT2D eigenvalue weighted by Crippen LogP contribution is -1.95. The molecule has 0 amide bonds. The van der Waals surface area contributed by atoms with Crippen LogP contribution in [0.2, 0.25) is 0 Å². The maximum Gasteiger partial charge on any atom is 0.185 e. The minimum atomic E-state index is 0.000106. The minimum absolute atomic E-state index is 0.000106. The Bertz CT molecular complexity index is 790. The molecule has 0 heterocycles. The van der Waals surface area contributed by atoms with Crippen LogP contribution in [0.4, 0.5) is 11.4 Å². The molecule has 0 radical (unpaired) electrons. The Hall–Kier alpha value is -3.13. The molecular weight excluding hydrogens is 282 g/mol. The first kappa shape index (κ1) is 14.8. The summed E-state index contributed by atoms with van der Waals surface area (Å²) in [5.41, 5.74) is 3.68. The summed E-state index contributed by atoms with van der Waals surface area (Å²) in [5.74, 6) is 0.000106. The molecule has 0 saturated carbocycles. The van der Waals surface area contributed by atoms with Gasteiger partial charge >= 0.3 is 0 Å². The Morgan fingerprint density at radius 3 is 1.91 bits per heavy atom. The highest BCUT2D eigenvalue weighted by Gasteiger charge is 2.02. The van der Waals surface area contributed by atoms with Crippen LogP contribution < -0.4 is 5.32 Å². The van der Waals surface area contributed by atoms with Crippen molar-refractivity contribution >= 4 is 23.2 Å². The van der Waals surface area contributed by atoms with Crippen molar-refractivity contribution in [1.82, 2.24) is 0 Å². The number of allylic oxidation sites excluding steroid dienone is 1. The zero-order valence-corrected chi connectivity index (χ0v) is 12.6. The molecule has 2 nitrogen and oxygen atoms in total. The predicted octanol–water partition coefficient (Wildman–Crippen LogP) is 5.33. The Kier molecular flexibility index (Phi) is 4.65. The van der Waals surface area contributed by atoms with Crippen LogP contribution >= 0.6 is 0 Å². The van der Waals surface area contributed by atoms with Crippen LogP contribution in [-0.2, 0) is 0 Å². The van der Waals surface area contributed by atoms with Crippen LogP contribution in [0.3, 0.4) is 0 Å². The van der Waals surface area contributed by atoms with E-state index in [1.165, 1.54) is 0 Å². The molecule has 0 bridgehead atoms. The average molecular weight is 299 g/mol. The first-order valence-electron chi connectivity index (χ1n) is 7.51. The maximum atomic E-state index is 12.2. The van der Waals surface area contributed by atoms with Crippen molar-refractivity contribution in [1.29, 1.82) is 0 Å². The molecule has 0 atom stereocenters. The van der Waals surface area contributed by atoms with Gasteiger partial charge in [0.2, 0.25) is 0 Å². The van der Waals surface area contributed by atoms with Gasteiger partial charge in [-0.2, -0.15) is 0 Å². The Balaban J connectivity index is 1.67. The van der Waals surface area contributed by atoms with Gasteiger partial charge in [-0.05, 0) is 48.0 Å². The van der Waals surface area contributed by atoms with Gasteiger partial charge in [-0.25, -0.2) is 0 Å². The van der Waals surface area contributed by atoms with E-state index in [2.05, 4.69) is 5.32 Å². The summed E-state index contributed by atoms with van der Waals surface area (Å²) >= 11 is 0. The summed E-state index contributed by atoms with van der Waals surface area (Å²) in [6.45, 7) is 0. The van der Waals surface area contributed by atoms with Crippen LogP contribution in [0.5, 0.6) is 0 Å². The number of nitrogens with one attached hydrogen (secondary N) is 1. The Labute approximate surface area is 136 Å². The topological polar surface area (TPSA) is 29.1 Å². The number of hydrogen-bond donors (Lipinski definition) is 1.